The van der Waals surface area contributed by atoms with Crippen LogP contribution in [0, 0.1) is 11.6 Å². The number of rotatable bonds is 11. The van der Waals surface area contributed by atoms with Crippen molar-refractivity contribution in [2.75, 3.05) is 13.2 Å². The molecule has 0 bridgehead atoms. The van der Waals surface area contributed by atoms with Crippen molar-refractivity contribution in [3.63, 3.8) is 0 Å². The number of nitrogens with one attached hydrogen (secondary N) is 2. The van der Waals surface area contributed by atoms with Crippen LogP contribution in [0.1, 0.15) is 18.7 Å². The van der Waals surface area contributed by atoms with E-state index < -0.39 is 37.5 Å². The van der Waals surface area contributed by atoms with Crippen molar-refractivity contribution in [1.29, 1.82) is 0 Å². The van der Waals surface area contributed by atoms with Crippen molar-refractivity contribution >= 4 is 38.2 Å². The summed E-state index contributed by atoms with van der Waals surface area (Å²) in [6.45, 7) is 1.29. The number of aromatic amines is 1. The van der Waals surface area contributed by atoms with Gasteiger partial charge in [-0.3, -0.25) is 14.6 Å². The SMILES string of the molecule is C=CC(=O)N[C@H](C)c1cc(-c2nc(-c3ccc4c(cnn4C)c3)c3ccsc3c2-c2c(F)cc(F)cc2OCCOC(F)F)n[nH]1. The molecule has 4 heterocycles. The molecule has 1 amide bonds. The summed E-state index contributed by atoms with van der Waals surface area (Å²) in [6.07, 6.45) is 2.89. The van der Waals surface area contributed by atoms with E-state index in [0.717, 1.165) is 28.6 Å². The van der Waals surface area contributed by atoms with Crippen LogP contribution in [0.4, 0.5) is 17.6 Å². The maximum absolute atomic E-state index is 15.9. The lowest BCUT2D eigenvalue weighted by molar-refractivity contribution is -0.133. The van der Waals surface area contributed by atoms with Crippen molar-refractivity contribution < 1.29 is 31.8 Å². The first-order valence-electron chi connectivity index (χ1n) is 14.0. The van der Waals surface area contributed by atoms with E-state index >= 15 is 4.39 Å². The smallest absolute Gasteiger partial charge is 0.345 e. The molecule has 0 unspecified atom stereocenters. The van der Waals surface area contributed by atoms with E-state index in [-0.39, 0.29) is 28.5 Å². The number of fused-ring (bicyclic) bond motifs is 2. The highest BCUT2D eigenvalue weighted by atomic mass is 32.1. The van der Waals surface area contributed by atoms with Crippen LogP contribution in [0.2, 0.25) is 0 Å². The number of alkyl halides is 2. The second-order valence-corrected chi connectivity index (χ2v) is 11.2. The summed E-state index contributed by atoms with van der Waals surface area (Å²) in [7, 11) is 1.84. The molecule has 6 aromatic rings. The predicted molar refractivity (Wildman–Crippen MR) is 166 cm³/mol. The molecular weight excluding hydrogens is 624 g/mol. The lowest BCUT2D eigenvalue weighted by atomic mass is 9.96. The van der Waals surface area contributed by atoms with E-state index in [9.17, 15) is 18.0 Å². The minimum Gasteiger partial charge on any atom is -0.490 e. The molecule has 1 atom stereocenters. The summed E-state index contributed by atoms with van der Waals surface area (Å²) in [5.74, 6) is -2.48. The first-order chi connectivity index (χ1) is 22.1. The monoisotopic (exact) mass is 650 g/mol. The Balaban J connectivity index is 1.58. The number of H-pyrrole nitrogens is 1. The highest BCUT2D eigenvalue weighted by Crippen LogP contribution is 2.47. The highest BCUT2D eigenvalue weighted by molar-refractivity contribution is 7.18. The number of hydrogen-bond donors (Lipinski definition) is 2. The molecule has 0 fully saturated rings. The van der Waals surface area contributed by atoms with Crippen LogP contribution in [0.3, 0.4) is 0 Å². The molecule has 0 aliphatic rings. The average Bonchev–Trinajstić information content (AvgIpc) is 3.79. The van der Waals surface area contributed by atoms with Crippen LogP contribution >= 0.6 is 11.3 Å². The van der Waals surface area contributed by atoms with Gasteiger partial charge in [-0.25, -0.2) is 13.8 Å². The van der Waals surface area contributed by atoms with Gasteiger partial charge in [0.15, 0.2) is 0 Å². The summed E-state index contributed by atoms with van der Waals surface area (Å²) < 4.78 is 67.8. The number of pyridine rings is 1. The molecule has 0 saturated heterocycles. The zero-order valence-electron chi connectivity index (χ0n) is 24.5. The van der Waals surface area contributed by atoms with Gasteiger partial charge in [-0.2, -0.15) is 19.0 Å². The average molecular weight is 651 g/mol. The molecule has 4 aromatic heterocycles. The number of aryl methyl sites for hydroxylation is 1. The molecule has 6 rings (SSSR count). The molecule has 236 valence electrons. The summed E-state index contributed by atoms with van der Waals surface area (Å²) in [5.41, 5.74) is 3.47. The van der Waals surface area contributed by atoms with E-state index in [1.807, 2.05) is 36.7 Å². The lowest BCUT2D eigenvalue weighted by Crippen LogP contribution is -2.24. The van der Waals surface area contributed by atoms with E-state index in [1.54, 1.807) is 23.9 Å². The minimum atomic E-state index is -3.03. The minimum absolute atomic E-state index is 0.125. The third-order valence-electron chi connectivity index (χ3n) is 7.33. The fourth-order valence-electron chi connectivity index (χ4n) is 5.20. The summed E-state index contributed by atoms with van der Waals surface area (Å²) in [4.78, 5) is 17.0. The molecule has 0 spiro atoms. The highest BCUT2D eigenvalue weighted by Gasteiger charge is 2.27. The van der Waals surface area contributed by atoms with Crippen LogP contribution in [-0.4, -0.2) is 50.7 Å². The first-order valence-corrected chi connectivity index (χ1v) is 14.9. The van der Waals surface area contributed by atoms with Gasteiger partial charge in [-0.05, 0) is 42.6 Å². The number of carbonyl (C=O) groups excluding carboxylic acids is 1. The predicted octanol–water partition coefficient (Wildman–Crippen LogP) is 7.17. The van der Waals surface area contributed by atoms with Gasteiger partial charge >= 0.3 is 6.61 Å². The van der Waals surface area contributed by atoms with Gasteiger partial charge in [0.2, 0.25) is 5.91 Å². The van der Waals surface area contributed by atoms with E-state index in [0.29, 0.717) is 33.2 Å². The van der Waals surface area contributed by atoms with Crippen molar-refractivity contribution in [3.8, 4) is 39.5 Å². The van der Waals surface area contributed by atoms with Gasteiger partial charge in [0, 0.05) is 45.8 Å². The van der Waals surface area contributed by atoms with Crippen LogP contribution in [0.5, 0.6) is 5.75 Å². The lowest BCUT2D eigenvalue weighted by Gasteiger charge is -2.17. The fraction of sp³-hybridized carbons (Fsp3) is 0.188. The van der Waals surface area contributed by atoms with Crippen LogP contribution in [-0.2, 0) is 16.6 Å². The molecule has 9 nitrogen and oxygen atoms in total. The topological polar surface area (TPSA) is 107 Å². The van der Waals surface area contributed by atoms with Gasteiger partial charge in [0.25, 0.3) is 0 Å². The molecule has 46 heavy (non-hydrogen) atoms. The van der Waals surface area contributed by atoms with Gasteiger partial charge in [-0.1, -0.05) is 12.6 Å². The molecule has 14 heteroatoms. The van der Waals surface area contributed by atoms with Gasteiger partial charge in [0.05, 0.1) is 41.3 Å². The Morgan fingerprint density at radius 3 is 2.74 bits per heavy atom. The summed E-state index contributed by atoms with van der Waals surface area (Å²) in [5, 5.41) is 17.9. The third-order valence-corrected chi connectivity index (χ3v) is 8.26. The zero-order valence-corrected chi connectivity index (χ0v) is 25.3. The maximum Gasteiger partial charge on any atom is 0.345 e. The molecule has 2 aromatic carbocycles. The Morgan fingerprint density at radius 1 is 1.13 bits per heavy atom. The Hall–Kier alpha value is -5.08. The quantitative estimate of drug-likeness (QED) is 0.0875. The van der Waals surface area contributed by atoms with Crippen molar-refractivity contribution in [1.82, 2.24) is 30.3 Å². The molecule has 0 aliphatic heterocycles. The Morgan fingerprint density at radius 2 is 1.96 bits per heavy atom. The number of ether oxygens (including phenoxy) is 2. The normalized spacial score (nSPS) is 12.2. The van der Waals surface area contributed by atoms with Crippen molar-refractivity contribution in [2.45, 2.75) is 19.6 Å². The number of benzene rings is 2. The number of carbonyl (C=O) groups is 1. The fourth-order valence-corrected chi connectivity index (χ4v) is 6.15. The van der Waals surface area contributed by atoms with E-state index in [4.69, 9.17) is 9.72 Å². The van der Waals surface area contributed by atoms with Crippen molar-refractivity contribution in [2.24, 2.45) is 7.05 Å². The van der Waals surface area contributed by atoms with Crippen LogP contribution in [0.15, 0.2) is 66.7 Å². The number of thiophene rings is 1. The second kappa shape index (κ2) is 12.7. The molecular formula is C32H26F4N6O3S. The van der Waals surface area contributed by atoms with Crippen LogP contribution < -0.4 is 10.1 Å². The Labute approximate surface area is 263 Å². The third kappa shape index (κ3) is 5.96. The molecule has 0 aliphatic carbocycles. The number of nitrogens with zero attached hydrogens (tertiary/aromatic N) is 4. The Bertz CT molecular complexity index is 2090. The van der Waals surface area contributed by atoms with Gasteiger partial charge in [0.1, 0.15) is 35.4 Å². The number of amides is 1. The largest absolute Gasteiger partial charge is 0.490 e. The summed E-state index contributed by atoms with van der Waals surface area (Å²) >= 11 is 1.31. The molecule has 0 saturated carbocycles. The van der Waals surface area contributed by atoms with Crippen molar-refractivity contribution in [3.05, 3.63) is 84.0 Å². The standard InChI is InChI=1S/C32H26F4N6O3S/c1-4-26(43)38-16(2)22-14-23(41-40-22)30-28(27-21(34)12-19(33)13-25(27)44-8-9-45-32(35)36)31-20(7-10-46-31)29(39-30)17-5-6-24-18(11-17)15-37-42(24)3/h4-7,10-16,32H,1,8-9H2,2-3H3,(H,38,43)(H,40,41)/t16-/m1/s1. The molecule has 0 radical (unpaired) electrons. The van der Waals surface area contributed by atoms with E-state index in [2.05, 4.69) is 31.9 Å². The number of hydrogen-bond acceptors (Lipinski definition) is 7. The van der Waals surface area contributed by atoms with Crippen LogP contribution in [0.25, 0.3) is 54.8 Å². The Kier molecular flexibility index (Phi) is 8.56. The first kappa shape index (κ1) is 30.9. The second-order valence-electron chi connectivity index (χ2n) is 10.3. The molecule has 2 N–H and O–H groups in total. The van der Waals surface area contributed by atoms with E-state index in [1.165, 1.54) is 11.3 Å². The number of aromatic nitrogens is 5. The van der Waals surface area contributed by atoms with Gasteiger partial charge in [-0.15, -0.1) is 11.3 Å². The van der Waals surface area contributed by atoms with Gasteiger partial charge < -0.3 is 14.8 Å². The zero-order chi connectivity index (χ0) is 32.5. The maximum atomic E-state index is 15.9. The summed E-state index contributed by atoms with van der Waals surface area (Å²) in [6, 6.07) is 10.5. The number of halogens is 4.